The summed E-state index contributed by atoms with van der Waals surface area (Å²) < 4.78 is 5.07. The van der Waals surface area contributed by atoms with E-state index in [-0.39, 0.29) is 23.7 Å². The molecule has 5 nitrogen and oxygen atoms in total. The summed E-state index contributed by atoms with van der Waals surface area (Å²) in [6.07, 6.45) is 6.90. The Balaban J connectivity index is 1.55. The third-order valence-corrected chi connectivity index (χ3v) is 5.66. The van der Waals surface area contributed by atoms with Gasteiger partial charge in [0.1, 0.15) is 6.26 Å². The van der Waals surface area contributed by atoms with Crippen LogP contribution in [0.15, 0.2) is 47.3 Å². The Bertz CT molecular complexity index is 793. The fourth-order valence-corrected chi connectivity index (χ4v) is 3.84. The molecule has 4 rings (SSSR count). The molecule has 1 aliphatic carbocycles. The van der Waals surface area contributed by atoms with Gasteiger partial charge in [-0.25, -0.2) is 0 Å². The summed E-state index contributed by atoms with van der Waals surface area (Å²) in [6.45, 7) is 3.23. The van der Waals surface area contributed by atoms with Crippen LogP contribution in [-0.4, -0.2) is 35.8 Å². The smallest absolute Gasteiger partial charge is 0.257 e. The Labute approximate surface area is 159 Å². The molecule has 1 aromatic heterocycles. The maximum absolute atomic E-state index is 12.9. The molecule has 2 atom stereocenters. The zero-order valence-electron chi connectivity index (χ0n) is 15.7. The summed E-state index contributed by atoms with van der Waals surface area (Å²) in [4.78, 5) is 27.4. The molecule has 2 fully saturated rings. The number of aryl methyl sites for hydroxylation is 1. The van der Waals surface area contributed by atoms with Gasteiger partial charge in [-0.05, 0) is 42.9 Å². The number of furan rings is 1. The second kappa shape index (κ2) is 7.59. The Morgan fingerprint density at radius 1 is 1.15 bits per heavy atom. The van der Waals surface area contributed by atoms with Gasteiger partial charge >= 0.3 is 0 Å². The van der Waals surface area contributed by atoms with Crippen LogP contribution in [0.3, 0.4) is 0 Å². The van der Waals surface area contributed by atoms with Gasteiger partial charge in [0.15, 0.2) is 0 Å². The molecule has 1 aromatic carbocycles. The van der Waals surface area contributed by atoms with Crippen molar-refractivity contribution in [1.82, 2.24) is 10.2 Å². The zero-order chi connectivity index (χ0) is 18.8. The van der Waals surface area contributed by atoms with E-state index in [1.807, 2.05) is 4.90 Å². The number of likely N-dealkylation sites (tertiary alicyclic amines) is 1. The van der Waals surface area contributed by atoms with Gasteiger partial charge < -0.3 is 14.6 Å². The van der Waals surface area contributed by atoms with Gasteiger partial charge in [-0.2, -0.15) is 0 Å². The zero-order valence-corrected chi connectivity index (χ0v) is 15.7. The van der Waals surface area contributed by atoms with Crippen molar-refractivity contribution in [2.45, 2.75) is 44.6 Å². The minimum atomic E-state index is -0.175. The second-order valence-electron chi connectivity index (χ2n) is 7.73. The maximum Gasteiger partial charge on any atom is 0.257 e. The van der Waals surface area contributed by atoms with Crippen molar-refractivity contribution in [3.63, 3.8) is 0 Å². The number of nitrogens with one attached hydrogen (secondary N) is 1. The third kappa shape index (κ3) is 4.07. The number of amides is 2. The molecule has 2 amide bonds. The van der Waals surface area contributed by atoms with E-state index < -0.39 is 0 Å². The highest BCUT2D eigenvalue weighted by molar-refractivity contribution is 5.94. The molecule has 1 saturated carbocycles. The van der Waals surface area contributed by atoms with Gasteiger partial charge in [0, 0.05) is 25.0 Å². The highest BCUT2D eigenvalue weighted by Gasteiger charge is 2.36. The molecule has 2 heterocycles. The third-order valence-electron chi connectivity index (χ3n) is 5.66. The Morgan fingerprint density at radius 2 is 1.93 bits per heavy atom. The monoisotopic (exact) mass is 366 g/mol. The Kier molecular flexibility index (Phi) is 5.01. The van der Waals surface area contributed by atoms with Crippen molar-refractivity contribution in [3.05, 3.63) is 59.5 Å². The van der Waals surface area contributed by atoms with Crippen LogP contribution in [0.2, 0.25) is 0 Å². The average molecular weight is 366 g/mol. The lowest BCUT2D eigenvalue weighted by molar-refractivity contribution is -0.126. The van der Waals surface area contributed by atoms with Crippen molar-refractivity contribution >= 4 is 11.8 Å². The summed E-state index contributed by atoms with van der Waals surface area (Å²) in [7, 11) is 0. The predicted molar refractivity (Wildman–Crippen MR) is 102 cm³/mol. The minimum Gasteiger partial charge on any atom is -0.472 e. The number of rotatable bonds is 5. The van der Waals surface area contributed by atoms with Gasteiger partial charge in [-0.1, -0.05) is 31.2 Å². The van der Waals surface area contributed by atoms with Crippen LogP contribution in [-0.2, 0) is 11.2 Å². The van der Waals surface area contributed by atoms with Crippen LogP contribution < -0.4 is 5.32 Å². The lowest BCUT2D eigenvalue weighted by atomic mass is 9.83. The first-order valence-electron chi connectivity index (χ1n) is 9.84. The molecule has 0 unspecified atom stereocenters. The molecular formula is C22H26N2O3. The predicted octanol–water partition coefficient (Wildman–Crippen LogP) is 3.37. The van der Waals surface area contributed by atoms with Crippen molar-refractivity contribution in [2.75, 3.05) is 13.1 Å². The Hall–Kier alpha value is -2.56. The molecule has 5 heteroatoms. The van der Waals surface area contributed by atoms with Crippen LogP contribution in [0.1, 0.15) is 53.6 Å². The first-order valence-corrected chi connectivity index (χ1v) is 9.84. The number of piperidine rings is 1. The molecule has 2 aliphatic rings. The van der Waals surface area contributed by atoms with Crippen molar-refractivity contribution in [2.24, 2.45) is 5.92 Å². The van der Waals surface area contributed by atoms with Crippen LogP contribution in [0.5, 0.6) is 0 Å². The number of benzene rings is 1. The molecule has 1 N–H and O–H groups in total. The van der Waals surface area contributed by atoms with Gasteiger partial charge in [-0.15, -0.1) is 0 Å². The summed E-state index contributed by atoms with van der Waals surface area (Å²) in [5.74, 6) is 0.00161. The molecule has 142 valence electrons. The number of hydrogen-bond donors (Lipinski definition) is 1. The molecule has 1 saturated heterocycles. The van der Waals surface area contributed by atoms with Gasteiger partial charge in [-0.3, -0.25) is 9.59 Å². The van der Waals surface area contributed by atoms with E-state index in [2.05, 4.69) is 36.5 Å². The van der Waals surface area contributed by atoms with E-state index in [0.29, 0.717) is 24.7 Å². The summed E-state index contributed by atoms with van der Waals surface area (Å²) >= 11 is 0. The summed E-state index contributed by atoms with van der Waals surface area (Å²) in [5, 5.41) is 3.11. The number of carbonyl (C=O) groups excluding carboxylic acids is 2. The van der Waals surface area contributed by atoms with Crippen LogP contribution >= 0.6 is 0 Å². The second-order valence-corrected chi connectivity index (χ2v) is 7.73. The highest BCUT2D eigenvalue weighted by atomic mass is 16.3. The fraction of sp³-hybridized carbons (Fsp3) is 0.455. The van der Waals surface area contributed by atoms with Crippen molar-refractivity contribution in [3.8, 4) is 0 Å². The average Bonchev–Trinajstić information content (AvgIpc) is 3.35. The van der Waals surface area contributed by atoms with E-state index in [4.69, 9.17) is 4.42 Å². The lowest BCUT2D eigenvalue weighted by Crippen LogP contribution is -2.48. The quantitative estimate of drug-likeness (QED) is 0.882. The first kappa shape index (κ1) is 17.8. The van der Waals surface area contributed by atoms with Crippen molar-refractivity contribution in [1.29, 1.82) is 0 Å². The molecule has 0 radical (unpaired) electrons. The highest BCUT2D eigenvalue weighted by Crippen LogP contribution is 2.32. The number of nitrogens with zero attached hydrogens (tertiary/aromatic N) is 1. The normalized spacial score (nSPS) is 22.5. The lowest BCUT2D eigenvalue weighted by Gasteiger charge is -2.37. The van der Waals surface area contributed by atoms with E-state index in [1.165, 1.54) is 23.7 Å². The van der Waals surface area contributed by atoms with E-state index in [0.717, 1.165) is 25.7 Å². The molecule has 27 heavy (non-hydrogen) atoms. The van der Waals surface area contributed by atoms with Gasteiger partial charge in [0.25, 0.3) is 5.91 Å². The number of carbonyl (C=O) groups is 2. The molecular weight excluding hydrogens is 340 g/mol. The summed E-state index contributed by atoms with van der Waals surface area (Å²) in [6, 6.07) is 10.6. The number of hydrogen-bond acceptors (Lipinski definition) is 3. The Morgan fingerprint density at radius 3 is 2.56 bits per heavy atom. The topological polar surface area (TPSA) is 62.6 Å². The largest absolute Gasteiger partial charge is 0.472 e. The first-order chi connectivity index (χ1) is 13.1. The van der Waals surface area contributed by atoms with E-state index in [9.17, 15) is 9.59 Å². The molecule has 2 aromatic rings. The molecule has 0 spiro atoms. The summed E-state index contributed by atoms with van der Waals surface area (Å²) in [5.41, 5.74) is 3.03. The fourth-order valence-electron chi connectivity index (χ4n) is 3.84. The van der Waals surface area contributed by atoms with Crippen molar-refractivity contribution < 1.29 is 14.0 Å². The van der Waals surface area contributed by atoms with Gasteiger partial charge in [0.05, 0.1) is 17.7 Å². The minimum absolute atomic E-state index is 0.0668. The van der Waals surface area contributed by atoms with Crippen LogP contribution in [0.4, 0.5) is 0 Å². The van der Waals surface area contributed by atoms with E-state index in [1.54, 1.807) is 6.07 Å². The SMILES string of the molecule is CCc1ccc([C@H]2C[C@H](C(=O)NC3CC3)CN(C(=O)c3ccoc3)C2)cc1. The van der Waals surface area contributed by atoms with Gasteiger partial charge in [0.2, 0.25) is 5.91 Å². The molecule has 0 bridgehead atoms. The van der Waals surface area contributed by atoms with Crippen LogP contribution in [0, 0.1) is 5.92 Å². The maximum atomic E-state index is 12.9. The molecule has 1 aliphatic heterocycles. The standard InChI is InChI=1S/C22H26N2O3/c1-2-15-3-5-16(6-4-15)18-11-19(21(25)23-20-7-8-20)13-24(12-18)22(26)17-9-10-27-14-17/h3-6,9-10,14,18-20H,2,7-8,11-13H2,1H3,(H,23,25)/t18-,19-/m0/s1. The van der Waals surface area contributed by atoms with Crippen LogP contribution in [0.25, 0.3) is 0 Å². The van der Waals surface area contributed by atoms with E-state index >= 15 is 0 Å².